The van der Waals surface area contributed by atoms with Gasteiger partial charge in [0.25, 0.3) is 5.91 Å². The van der Waals surface area contributed by atoms with Gasteiger partial charge in [-0.05, 0) is 55.3 Å². The molecule has 2 aromatic carbocycles. The number of likely N-dealkylation sites (tertiary alicyclic amines) is 1. The molecule has 0 radical (unpaired) electrons. The lowest BCUT2D eigenvalue weighted by Gasteiger charge is -2.32. The topological polar surface area (TPSA) is 122 Å². The Morgan fingerprint density at radius 3 is 2.34 bits per heavy atom. The van der Waals surface area contributed by atoms with Crippen LogP contribution in [0, 0.1) is 5.92 Å². The Hall–Kier alpha value is -4.14. The summed E-state index contributed by atoms with van der Waals surface area (Å²) in [5.74, 6) is -0.995. The van der Waals surface area contributed by atoms with Crippen molar-refractivity contribution in [2.75, 3.05) is 23.7 Å². The number of hydrogen-bond donors (Lipinski definition) is 3. The van der Waals surface area contributed by atoms with Crippen molar-refractivity contribution >= 4 is 29.2 Å². The third-order valence-corrected chi connectivity index (χ3v) is 5.35. The number of rotatable bonds is 5. The van der Waals surface area contributed by atoms with Crippen molar-refractivity contribution in [2.45, 2.75) is 12.8 Å². The molecule has 1 atom stereocenters. The van der Waals surface area contributed by atoms with E-state index in [9.17, 15) is 14.4 Å². The third kappa shape index (κ3) is 4.94. The van der Waals surface area contributed by atoms with Gasteiger partial charge in [-0.2, -0.15) is 5.10 Å². The number of para-hydroxylation sites is 1. The van der Waals surface area contributed by atoms with Crippen molar-refractivity contribution in [2.24, 2.45) is 11.7 Å². The zero-order chi connectivity index (χ0) is 22.5. The fourth-order valence-electron chi connectivity index (χ4n) is 3.64. The van der Waals surface area contributed by atoms with Crippen molar-refractivity contribution in [3.8, 4) is 5.69 Å². The summed E-state index contributed by atoms with van der Waals surface area (Å²) in [7, 11) is 0. The summed E-state index contributed by atoms with van der Waals surface area (Å²) >= 11 is 0. The number of anilines is 2. The largest absolute Gasteiger partial charge is 0.364 e. The van der Waals surface area contributed by atoms with Gasteiger partial charge in [0.05, 0.1) is 11.6 Å². The normalized spacial score (nSPS) is 15.8. The van der Waals surface area contributed by atoms with Crippen molar-refractivity contribution < 1.29 is 14.4 Å². The fraction of sp³-hybridized carbons (Fsp3) is 0.217. The van der Waals surface area contributed by atoms with Crippen LogP contribution in [0.25, 0.3) is 5.69 Å². The molecule has 0 aliphatic carbocycles. The highest BCUT2D eigenvalue weighted by Gasteiger charge is 2.28. The van der Waals surface area contributed by atoms with Crippen LogP contribution in [0.15, 0.2) is 66.9 Å². The lowest BCUT2D eigenvalue weighted by molar-refractivity contribution is -0.121. The van der Waals surface area contributed by atoms with E-state index < -0.39 is 5.91 Å². The first-order valence-corrected chi connectivity index (χ1v) is 10.4. The summed E-state index contributed by atoms with van der Waals surface area (Å²) < 4.78 is 1.54. The second-order valence-electron chi connectivity index (χ2n) is 7.63. The van der Waals surface area contributed by atoms with Gasteiger partial charge in [0.15, 0.2) is 0 Å². The summed E-state index contributed by atoms with van der Waals surface area (Å²) in [4.78, 5) is 38.2. The minimum absolute atomic E-state index is 0.120. The number of nitrogens with zero attached hydrogens (tertiary/aromatic N) is 3. The maximum Gasteiger partial charge on any atom is 0.321 e. The maximum absolute atomic E-state index is 12.8. The summed E-state index contributed by atoms with van der Waals surface area (Å²) in [5.41, 5.74) is 7.52. The summed E-state index contributed by atoms with van der Waals surface area (Å²) in [5, 5.41) is 9.90. The molecule has 0 unspecified atom stereocenters. The number of nitrogens with one attached hydrogen (secondary N) is 2. The minimum Gasteiger partial charge on any atom is -0.364 e. The first-order chi connectivity index (χ1) is 15.5. The number of nitrogens with two attached hydrogens (primary N) is 1. The Morgan fingerprint density at radius 2 is 1.66 bits per heavy atom. The van der Waals surface area contributed by atoms with Crippen LogP contribution in [0.5, 0.6) is 0 Å². The Kier molecular flexibility index (Phi) is 6.16. The number of hydrogen-bond acceptors (Lipinski definition) is 4. The van der Waals surface area contributed by atoms with E-state index in [0.29, 0.717) is 18.8 Å². The van der Waals surface area contributed by atoms with Crippen LogP contribution in [-0.4, -0.2) is 45.6 Å². The molecular formula is C23H24N6O3. The molecule has 2 heterocycles. The van der Waals surface area contributed by atoms with E-state index in [4.69, 9.17) is 5.73 Å². The van der Waals surface area contributed by atoms with Gasteiger partial charge in [0, 0.05) is 30.7 Å². The third-order valence-electron chi connectivity index (χ3n) is 5.35. The number of aromatic nitrogens is 2. The van der Waals surface area contributed by atoms with Gasteiger partial charge in [-0.3, -0.25) is 9.59 Å². The van der Waals surface area contributed by atoms with Gasteiger partial charge < -0.3 is 21.3 Å². The Bertz CT molecular complexity index is 1110. The molecule has 1 aliphatic heterocycles. The SMILES string of the molecule is NC(=O)c1ccn(-c2ccc(NC(=O)[C@H]3CCCN(C(=O)Nc4ccccc4)C3)cc2)n1. The molecule has 9 nitrogen and oxygen atoms in total. The Labute approximate surface area is 185 Å². The first-order valence-electron chi connectivity index (χ1n) is 10.4. The summed E-state index contributed by atoms with van der Waals surface area (Å²) in [6, 6.07) is 17.7. The number of piperidine rings is 1. The molecule has 32 heavy (non-hydrogen) atoms. The zero-order valence-corrected chi connectivity index (χ0v) is 17.4. The second-order valence-corrected chi connectivity index (χ2v) is 7.63. The van der Waals surface area contributed by atoms with Gasteiger partial charge in [0.1, 0.15) is 5.69 Å². The lowest BCUT2D eigenvalue weighted by atomic mass is 9.97. The molecule has 0 bridgehead atoms. The molecule has 164 valence electrons. The second kappa shape index (κ2) is 9.34. The van der Waals surface area contributed by atoms with Crippen molar-refractivity contribution in [3.05, 3.63) is 72.6 Å². The van der Waals surface area contributed by atoms with E-state index >= 15 is 0 Å². The number of benzene rings is 2. The van der Waals surface area contributed by atoms with Gasteiger partial charge in [-0.25, -0.2) is 9.48 Å². The molecule has 4 rings (SSSR count). The van der Waals surface area contributed by atoms with Crippen molar-refractivity contribution in [3.63, 3.8) is 0 Å². The van der Waals surface area contributed by atoms with E-state index in [2.05, 4.69) is 15.7 Å². The summed E-state index contributed by atoms with van der Waals surface area (Å²) in [6.45, 7) is 0.986. The van der Waals surface area contributed by atoms with E-state index in [1.165, 1.54) is 4.68 Å². The molecule has 1 saturated heterocycles. The molecule has 1 fully saturated rings. The fourth-order valence-corrected chi connectivity index (χ4v) is 3.64. The van der Waals surface area contributed by atoms with Gasteiger partial charge in [-0.1, -0.05) is 18.2 Å². The standard InChI is InChI=1S/C23H24N6O3/c24-21(30)20-12-14-29(27-20)19-10-8-18(9-11-19)25-22(31)16-5-4-13-28(15-16)23(32)26-17-6-2-1-3-7-17/h1-3,6-12,14,16H,4-5,13,15H2,(H2,24,30)(H,25,31)(H,26,32)/t16-/m0/s1. The maximum atomic E-state index is 12.8. The summed E-state index contributed by atoms with van der Waals surface area (Å²) in [6.07, 6.45) is 3.13. The number of carbonyl (C=O) groups is 3. The first kappa shape index (κ1) is 21.1. The van der Waals surface area contributed by atoms with E-state index in [1.807, 2.05) is 30.3 Å². The van der Waals surface area contributed by atoms with Crippen molar-refractivity contribution in [1.29, 1.82) is 0 Å². The highest BCUT2D eigenvalue weighted by Crippen LogP contribution is 2.21. The van der Waals surface area contributed by atoms with Crippen LogP contribution in [0.3, 0.4) is 0 Å². The monoisotopic (exact) mass is 432 g/mol. The number of amides is 4. The molecule has 0 spiro atoms. The zero-order valence-electron chi connectivity index (χ0n) is 17.4. The van der Waals surface area contributed by atoms with Gasteiger partial charge in [-0.15, -0.1) is 0 Å². The molecule has 4 N–H and O–H groups in total. The van der Waals surface area contributed by atoms with Crippen LogP contribution in [-0.2, 0) is 4.79 Å². The average molecular weight is 432 g/mol. The molecule has 0 saturated carbocycles. The smallest absolute Gasteiger partial charge is 0.321 e. The average Bonchev–Trinajstić information content (AvgIpc) is 3.31. The van der Waals surface area contributed by atoms with Crippen LogP contribution < -0.4 is 16.4 Å². The van der Waals surface area contributed by atoms with E-state index in [1.54, 1.807) is 41.4 Å². The number of urea groups is 1. The molecule has 9 heteroatoms. The molecular weight excluding hydrogens is 408 g/mol. The molecule has 1 aliphatic rings. The number of primary amides is 1. The Balaban J connectivity index is 1.34. The highest BCUT2D eigenvalue weighted by atomic mass is 16.2. The number of carbonyl (C=O) groups excluding carboxylic acids is 3. The van der Waals surface area contributed by atoms with Crippen LogP contribution in [0.1, 0.15) is 23.3 Å². The van der Waals surface area contributed by atoms with E-state index in [0.717, 1.165) is 24.2 Å². The highest BCUT2D eigenvalue weighted by molar-refractivity contribution is 5.94. The Morgan fingerprint density at radius 1 is 0.938 bits per heavy atom. The predicted octanol–water partition coefficient (Wildman–Crippen LogP) is 2.85. The molecule has 3 aromatic rings. The van der Waals surface area contributed by atoms with Crippen LogP contribution in [0.2, 0.25) is 0 Å². The quantitative estimate of drug-likeness (QED) is 0.574. The minimum atomic E-state index is -0.591. The molecule has 4 amide bonds. The van der Waals surface area contributed by atoms with Crippen LogP contribution in [0.4, 0.5) is 16.2 Å². The van der Waals surface area contributed by atoms with Gasteiger partial charge in [0.2, 0.25) is 5.91 Å². The molecule has 1 aromatic heterocycles. The lowest BCUT2D eigenvalue weighted by Crippen LogP contribution is -2.45. The predicted molar refractivity (Wildman–Crippen MR) is 120 cm³/mol. The van der Waals surface area contributed by atoms with Gasteiger partial charge >= 0.3 is 6.03 Å². The van der Waals surface area contributed by atoms with E-state index in [-0.39, 0.29) is 23.6 Å². The van der Waals surface area contributed by atoms with Crippen molar-refractivity contribution in [1.82, 2.24) is 14.7 Å². The van der Waals surface area contributed by atoms with Crippen LogP contribution >= 0.6 is 0 Å².